The van der Waals surface area contributed by atoms with E-state index in [-0.39, 0.29) is 0 Å². The molecule has 1 aliphatic heterocycles. The van der Waals surface area contributed by atoms with Gasteiger partial charge in [0, 0.05) is 37.8 Å². The van der Waals surface area contributed by atoms with E-state index < -0.39 is 0 Å². The summed E-state index contributed by atoms with van der Waals surface area (Å²) in [4.78, 5) is 2.53. The average molecular weight is 350 g/mol. The molecule has 0 unspecified atom stereocenters. The number of benzene rings is 1. The third-order valence-electron chi connectivity index (χ3n) is 5.22. The van der Waals surface area contributed by atoms with Crippen molar-refractivity contribution in [1.29, 1.82) is 0 Å². The van der Waals surface area contributed by atoms with Crippen molar-refractivity contribution in [3.8, 4) is 0 Å². The number of likely N-dealkylation sites (tertiary alicyclic amines) is 1. The summed E-state index contributed by atoms with van der Waals surface area (Å²) in [7, 11) is 1.99. The molecule has 1 aromatic carbocycles. The quantitative estimate of drug-likeness (QED) is 0.710. The molecular formula is C20H26N6. The van der Waals surface area contributed by atoms with Crippen molar-refractivity contribution in [1.82, 2.24) is 29.4 Å². The van der Waals surface area contributed by atoms with Crippen molar-refractivity contribution in [2.24, 2.45) is 7.05 Å². The Morgan fingerprint density at radius 3 is 2.77 bits per heavy atom. The van der Waals surface area contributed by atoms with Gasteiger partial charge in [0.25, 0.3) is 0 Å². The van der Waals surface area contributed by atoms with Crippen LogP contribution in [0.3, 0.4) is 0 Å². The molecule has 1 atom stereocenters. The summed E-state index contributed by atoms with van der Waals surface area (Å²) in [6.07, 6.45) is 6.38. The normalized spacial score (nSPS) is 18.3. The number of hydrogen-bond acceptors (Lipinski definition) is 4. The molecule has 6 nitrogen and oxygen atoms in total. The van der Waals surface area contributed by atoms with Gasteiger partial charge in [-0.3, -0.25) is 9.58 Å². The molecule has 0 radical (unpaired) electrons. The van der Waals surface area contributed by atoms with Gasteiger partial charge in [0.1, 0.15) is 12.2 Å². The largest absolute Gasteiger partial charge is 0.313 e. The Labute approximate surface area is 154 Å². The second-order valence-corrected chi connectivity index (χ2v) is 7.29. The van der Waals surface area contributed by atoms with Crippen molar-refractivity contribution in [3.63, 3.8) is 0 Å². The molecule has 6 heteroatoms. The Morgan fingerprint density at radius 2 is 2.00 bits per heavy atom. The van der Waals surface area contributed by atoms with E-state index in [0.29, 0.717) is 5.92 Å². The van der Waals surface area contributed by atoms with Crippen molar-refractivity contribution < 1.29 is 0 Å². The van der Waals surface area contributed by atoms with E-state index >= 15 is 0 Å². The molecule has 1 aliphatic rings. The molecule has 26 heavy (non-hydrogen) atoms. The van der Waals surface area contributed by atoms with Gasteiger partial charge in [-0.15, -0.1) is 10.2 Å². The fraction of sp³-hybridized carbons (Fsp3) is 0.450. The molecule has 3 heterocycles. The molecule has 136 valence electrons. The third kappa shape index (κ3) is 3.70. The minimum Gasteiger partial charge on any atom is -0.313 e. The predicted octanol–water partition coefficient (Wildman–Crippen LogP) is 2.75. The van der Waals surface area contributed by atoms with Crippen molar-refractivity contribution in [2.75, 3.05) is 13.1 Å². The summed E-state index contributed by atoms with van der Waals surface area (Å²) in [5.74, 6) is 1.55. The highest BCUT2D eigenvalue weighted by molar-refractivity contribution is 5.17. The number of aryl methyl sites for hydroxylation is 2. The van der Waals surface area contributed by atoms with Gasteiger partial charge in [0.15, 0.2) is 0 Å². The molecule has 0 aliphatic carbocycles. The van der Waals surface area contributed by atoms with Crippen LogP contribution in [0, 0.1) is 6.92 Å². The second-order valence-electron chi connectivity index (χ2n) is 7.29. The summed E-state index contributed by atoms with van der Waals surface area (Å²) >= 11 is 0. The van der Waals surface area contributed by atoms with Crippen LogP contribution in [0.2, 0.25) is 0 Å². The first kappa shape index (κ1) is 17.0. The maximum atomic E-state index is 4.47. The van der Waals surface area contributed by atoms with Crippen molar-refractivity contribution in [3.05, 3.63) is 65.5 Å². The maximum Gasteiger partial charge on any atom is 0.137 e. The molecule has 4 rings (SSSR count). The molecule has 0 saturated carbocycles. The van der Waals surface area contributed by atoms with Crippen LogP contribution < -0.4 is 0 Å². The maximum absolute atomic E-state index is 4.47. The zero-order valence-electron chi connectivity index (χ0n) is 15.5. The van der Waals surface area contributed by atoms with Crippen molar-refractivity contribution >= 4 is 0 Å². The lowest BCUT2D eigenvalue weighted by atomic mass is 9.96. The Balaban J connectivity index is 1.46. The topological polar surface area (TPSA) is 51.8 Å². The first-order valence-electron chi connectivity index (χ1n) is 9.32. The van der Waals surface area contributed by atoms with Crippen LogP contribution in [-0.2, 0) is 20.1 Å². The zero-order chi connectivity index (χ0) is 17.9. The van der Waals surface area contributed by atoms with Gasteiger partial charge in [0.2, 0.25) is 0 Å². The summed E-state index contributed by atoms with van der Waals surface area (Å²) in [6, 6.07) is 10.5. The number of nitrogens with zero attached hydrogens (tertiary/aromatic N) is 6. The summed E-state index contributed by atoms with van der Waals surface area (Å²) in [6.45, 7) is 6.05. The van der Waals surface area contributed by atoms with Crippen LogP contribution in [0.4, 0.5) is 0 Å². The van der Waals surface area contributed by atoms with E-state index in [1.54, 1.807) is 0 Å². The molecule has 0 amide bonds. The fourth-order valence-corrected chi connectivity index (χ4v) is 3.94. The molecule has 1 saturated heterocycles. The van der Waals surface area contributed by atoms with Gasteiger partial charge in [-0.2, -0.15) is 5.10 Å². The van der Waals surface area contributed by atoms with Gasteiger partial charge in [-0.1, -0.05) is 30.3 Å². The molecular weight excluding hydrogens is 324 g/mol. The minimum absolute atomic E-state index is 0.437. The first-order chi connectivity index (χ1) is 12.7. The molecule has 0 spiro atoms. The summed E-state index contributed by atoms with van der Waals surface area (Å²) in [5, 5.41) is 13.1. The smallest absolute Gasteiger partial charge is 0.137 e. The predicted molar refractivity (Wildman–Crippen MR) is 101 cm³/mol. The van der Waals surface area contributed by atoms with Gasteiger partial charge in [-0.05, 0) is 31.9 Å². The Kier molecular flexibility index (Phi) is 4.84. The van der Waals surface area contributed by atoms with Gasteiger partial charge in [-0.25, -0.2) is 0 Å². The molecule has 1 fully saturated rings. The molecule has 0 N–H and O–H groups in total. The second kappa shape index (κ2) is 7.41. The highest BCUT2D eigenvalue weighted by atomic mass is 15.3. The van der Waals surface area contributed by atoms with E-state index in [1.165, 1.54) is 24.0 Å². The fourth-order valence-electron chi connectivity index (χ4n) is 3.94. The first-order valence-corrected chi connectivity index (χ1v) is 9.32. The van der Waals surface area contributed by atoms with Crippen LogP contribution in [0.5, 0.6) is 0 Å². The lowest BCUT2D eigenvalue weighted by Gasteiger charge is -2.32. The van der Waals surface area contributed by atoms with Crippen molar-refractivity contribution in [2.45, 2.75) is 38.8 Å². The SMILES string of the molecule is Cc1nn(C)cc1CN1CCC[C@@H](c2nncn2Cc2ccccc2)C1. The zero-order valence-corrected chi connectivity index (χ0v) is 15.5. The number of aromatic nitrogens is 5. The summed E-state index contributed by atoms with van der Waals surface area (Å²) in [5.41, 5.74) is 3.73. The van der Waals surface area contributed by atoms with E-state index in [1.807, 2.05) is 18.1 Å². The van der Waals surface area contributed by atoms with Crippen LogP contribution in [0.25, 0.3) is 0 Å². The molecule has 3 aromatic rings. The standard InChI is InChI=1S/C20H26N6/c1-16-19(12-24(2)23-16)14-25-10-6-9-18(13-25)20-22-21-15-26(20)11-17-7-4-3-5-8-17/h3-5,7-8,12,15,18H,6,9-11,13-14H2,1-2H3/t18-/m1/s1. The van der Waals surface area contributed by atoms with E-state index in [4.69, 9.17) is 0 Å². The van der Waals surface area contributed by atoms with Crippen LogP contribution in [0.15, 0.2) is 42.9 Å². The molecule has 0 bridgehead atoms. The Morgan fingerprint density at radius 1 is 1.15 bits per heavy atom. The van der Waals surface area contributed by atoms with E-state index in [2.05, 4.69) is 68.2 Å². The van der Waals surface area contributed by atoms with Crippen LogP contribution in [0.1, 0.15) is 41.4 Å². The number of rotatable bonds is 5. The Hall–Kier alpha value is -2.47. The minimum atomic E-state index is 0.437. The third-order valence-corrected chi connectivity index (χ3v) is 5.22. The van der Waals surface area contributed by atoms with Gasteiger partial charge >= 0.3 is 0 Å². The lowest BCUT2D eigenvalue weighted by molar-refractivity contribution is 0.194. The lowest BCUT2D eigenvalue weighted by Crippen LogP contribution is -2.35. The van der Waals surface area contributed by atoms with Gasteiger partial charge < -0.3 is 4.57 Å². The number of piperidine rings is 1. The number of hydrogen-bond donors (Lipinski definition) is 0. The van der Waals surface area contributed by atoms with Gasteiger partial charge in [0.05, 0.1) is 12.2 Å². The van der Waals surface area contributed by atoms with E-state index in [9.17, 15) is 0 Å². The monoisotopic (exact) mass is 350 g/mol. The van der Waals surface area contributed by atoms with Crippen LogP contribution >= 0.6 is 0 Å². The highest BCUT2D eigenvalue weighted by Crippen LogP contribution is 2.27. The molecule has 2 aromatic heterocycles. The average Bonchev–Trinajstić information content (AvgIpc) is 3.22. The Bertz CT molecular complexity index is 850. The summed E-state index contributed by atoms with van der Waals surface area (Å²) < 4.78 is 4.11. The van der Waals surface area contributed by atoms with Crippen LogP contribution in [-0.4, -0.2) is 42.5 Å². The highest BCUT2D eigenvalue weighted by Gasteiger charge is 2.26. The van der Waals surface area contributed by atoms with E-state index in [0.717, 1.165) is 37.7 Å².